The summed E-state index contributed by atoms with van der Waals surface area (Å²) in [6.07, 6.45) is 8.73. The van der Waals surface area contributed by atoms with E-state index in [1.165, 1.54) is 0 Å². The Bertz CT molecular complexity index is 979. The predicted octanol–water partition coefficient (Wildman–Crippen LogP) is 2.82. The monoisotopic (exact) mass is 345 g/mol. The molecule has 1 saturated heterocycles. The molecule has 3 aromatic rings. The fourth-order valence-corrected chi connectivity index (χ4v) is 3.59. The largest absolute Gasteiger partial charge is 0.348 e. The van der Waals surface area contributed by atoms with Gasteiger partial charge in [0.05, 0.1) is 29.5 Å². The van der Waals surface area contributed by atoms with Gasteiger partial charge in [0.25, 0.3) is 0 Å². The van der Waals surface area contributed by atoms with E-state index < -0.39 is 0 Å². The lowest BCUT2D eigenvalue weighted by Crippen LogP contribution is -2.53. The Labute approximate surface area is 151 Å². The van der Waals surface area contributed by atoms with E-state index in [1.807, 2.05) is 31.6 Å². The zero-order chi connectivity index (χ0) is 17.7. The molecule has 1 fully saturated rings. The fraction of sp³-hybridized carbons (Fsp3) is 0.211. The number of aromatic nitrogens is 4. The number of rotatable bonds is 4. The van der Waals surface area contributed by atoms with Crippen LogP contribution in [0.1, 0.15) is 6.42 Å². The van der Waals surface area contributed by atoms with Crippen LogP contribution in [0.5, 0.6) is 0 Å². The van der Waals surface area contributed by atoms with Gasteiger partial charge in [-0.2, -0.15) is 5.10 Å². The molecule has 3 aromatic heterocycles. The SMILES string of the molecule is C=C(Nc1cccnc1)N1c2nc(-c3cnn(C)c3)ccc2N2CCC21. The van der Waals surface area contributed by atoms with Crippen molar-refractivity contribution >= 4 is 17.2 Å². The molecule has 1 atom stereocenters. The van der Waals surface area contributed by atoms with Crippen molar-refractivity contribution in [3.8, 4) is 11.3 Å². The lowest BCUT2D eigenvalue weighted by Gasteiger charge is -2.41. The molecule has 1 N–H and O–H groups in total. The molecule has 0 radical (unpaired) electrons. The van der Waals surface area contributed by atoms with E-state index in [2.05, 4.69) is 43.9 Å². The summed E-state index contributed by atoms with van der Waals surface area (Å²) in [5, 5.41) is 7.61. The van der Waals surface area contributed by atoms with Gasteiger partial charge in [-0.25, -0.2) is 4.98 Å². The molecule has 0 amide bonds. The van der Waals surface area contributed by atoms with E-state index in [4.69, 9.17) is 4.98 Å². The van der Waals surface area contributed by atoms with Crippen LogP contribution >= 0.6 is 0 Å². The van der Waals surface area contributed by atoms with Gasteiger partial charge in [0, 0.05) is 38.0 Å². The molecule has 1 unspecified atom stereocenters. The average molecular weight is 345 g/mol. The highest BCUT2D eigenvalue weighted by molar-refractivity contribution is 5.81. The third-order valence-corrected chi connectivity index (χ3v) is 4.92. The summed E-state index contributed by atoms with van der Waals surface area (Å²) in [5.74, 6) is 1.75. The molecule has 2 aliphatic heterocycles. The normalized spacial score (nSPS) is 17.5. The molecule has 0 saturated carbocycles. The first-order valence-electron chi connectivity index (χ1n) is 8.62. The number of aryl methyl sites for hydroxylation is 1. The first-order chi connectivity index (χ1) is 12.7. The van der Waals surface area contributed by atoms with Crippen molar-refractivity contribution in [1.29, 1.82) is 0 Å². The molecule has 130 valence electrons. The maximum absolute atomic E-state index is 4.94. The molecule has 0 bridgehead atoms. The molecule has 5 rings (SSSR count). The van der Waals surface area contributed by atoms with Crippen LogP contribution in [0.2, 0.25) is 0 Å². The van der Waals surface area contributed by atoms with Crippen molar-refractivity contribution in [2.45, 2.75) is 12.6 Å². The number of hydrogen-bond acceptors (Lipinski definition) is 6. The first-order valence-corrected chi connectivity index (χ1v) is 8.62. The first kappa shape index (κ1) is 14.9. The Kier molecular flexibility index (Phi) is 3.21. The van der Waals surface area contributed by atoms with Crippen LogP contribution in [0.25, 0.3) is 11.3 Å². The maximum Gasteiger partial charge on any atom is 0.160 e. The van der Waals surface area contributed by atoms with Gasteiger partial charge in [0.15, 0.2) is 5.82 Å². The highest BCUT2D eigenvalue weighted by atomic mass is 15.5. The van der Waals surface area contributed by atoms with Crippen molar-refractivity contribution in [3.63, 3.8) is 0 Å². The second-order valence-corrected chi connectivity index (χ2v) is 6.59. The van der Waals surface area contributed by atoms with E-state index in [1.54, 1.807) is 17.1 Å². The van der Waals surface area contributed by atoms with Crippen LogP contribution in [-0.2, 0) is 7.05 Å². The topological polar surface area (TPSA) is 62.1 Å². The van der Waals surface area contributed by atoms with Crippen molar-refractivity contribution in [2.75, 3.05) is 21.7 Å². The van der Waals surface area contributed by atoms with Gasteiger partial charge in [0.2, 0.25) is 0 Å². The fourth-order valence-electron chi connectivity index (χ4n) is 3.59. The number of nitrogens with one attached hydrogen (secondary N) is 1. The van der Waals surface area contributed by atoms with Crippen LogP contribution in [0.3, 0.4) is 0 Å². The lowest BCUT2D eigenvalue weighted by atomic mass is 10.1. The van der Waals surface area contributed by atoms with Gasteiger partial charge < -0.3 is 10.2 Å². The van der Waals surface area contributed by atoms with Crippen LogP contribution in [0.15, 0.2) is 61.5 Å². The molecule has 0 spiro atoms. The Morgan fingerprint density at radius 2 is 2.19 bits per heavy atom. The highest BCUT2D eigenvalue weighted by Gasteiger charge is 2.44. The highest BCUT2D eigenvalue weighted by Crippen LogP contribution is 2.46. The number of hydrogen-bond donors (Lipinski definition) is 1. The number of anilines is 3. The number of fused-ring (bicyclic) bond motifs is 3. The standard InChI is InChI=1S/C19H19N7/c1-13(22-15-4-3-8-20-11-15)26-18-7-9-25(18)17-6-5-16(23-19(17)26)14-10-21-24(2)12-14/h3-6,8,10-12,18,22H,1,7,9H2,2H3. The van der Waals surface area contributed by atoms with Gasteiger partial charge in [-0.1, -0.05) is 6.58 Å². The van der Waals surface area contributed by atoms with Crippen LogP contribution < -0.4 is 15.1 Å². The maximum atomic E-state index is 4.94. The van der Waals surface area contributed by atoms with E-state index in [0.717, 1.165) is 47.2 Å². The average Bonchev–Trinajstić information content (AvgIpc) is 3.14. The number of nitrogens with zero attached hydrogens (tertiary/aromatic N) is 6. The molecule has 0 aromatic carbocycles. The molecular formula is C19H19N7. The van der Waals surface area contributed by atoms with Gasteiger partial charge in [-0.05, 0) is 24.3 Å². The third-order valence-electron chi connectivity index (χ3n) is 4.92. The minimum Gasteiger partial charge on any atom is -0.348 e. The summed E-state index contributed by atoms with van der Waals surface area (Å²) in [7, 11) is 1.91. The molecule has 2 aliphatic rings. The van der Waals surface area contributed by atoms with Gasteiger partial charge >= 0.3 is 0 Å². The third kappa shape index (κ3) is 2.24. The van der Waals surface area contributed by atoms with Crippen molar-refractivity contribution < 1.29 is 0 Å². The van der Waals surface area contributed by atoms with Crippen LogP contribution in [0, 0.1) is 0 Å². The summed E-state index contributed by atoms with van der Waals surface area (Å²) >= 11 is 0. The summed E-state index contributed by atoms with van der Waals surface area (Å²) in [5.41, 5.74) is 4.00. The Morgan fingerprint density at radius 1 is 1.27 bits per heavy atom. The van der Waals surface area contributed by atoms with E-state index in [0.29, 0.717) is 0 Å². The Morgan fingerprint density at radius 3 is 2.88 bits per heavy atom. The van der Waals surface area contributed by atoms with E-state index in [9.17, 15) is 0 Å². The minimum absolute atomic E-state index is 0.276. The Hall–Kier alpha value is -3.35. The lowest BCUT2D eigenvalue weighted by molar-refractivity contribution is 0.468. The summed E-state index contributed by atoms with van der Waals surface area (Å²) in [6.45, 7) is 5.30. The van der Waals surface area contributed by atoms with E-state index >= 15 is 0 Å². The van der Waals surface area contributed by atoms with Gasteiger partial charge in [-0.3, -0.25) is 14.6 Å². The molecule has 0 aliphatic carbocycles. The molecule has 7 heteroatoms. The van der Waals surface area contributed by atoms with Crippen molar-refractivity contribution in [3.05, 3.63) is 61.5 Å². The van der Waals surface area contributed by atoms with Crippen molar-refractivity contribution in [1.82, 2.24) is 19.7 Å². The zero-order valence-electron chi connectivity index (χ0n) is 14.5. The summed E-state index contributed by atoms with van der Waals surface area (Å²) < 4.78 is 1.79. The zero-order valence-corrected chi connectivity index (χ0v) is 14.5. The molecule has 26 heavy (non-hydrogen) atoms. The smallest absolute Gasteiger partial charge is 0.160 e. The van der Waals surface area contributed by atoms with Crippen LogP contribution in [-0.4, -0.2) is 32.5 Å². The van der Waals surface area contributed by atoms with Gasteiger partial charge in [-0.15, -0.1) is 0 Å². The minimum atomic E-state index is 0.276. The molecule has 5 heterocycles. The summed E-state index contributed by atoms with van der Waals surface area (Å²) in [6, 6.07) is 8.09. The predicted molar refractivity (Wildman–Crippen MR) is 102 cm³/mol. The summed E-state index contributed by atoms with van der Waals surface area (Å²) in [4.78, 5) is 13.6. The van der Waals surface area contributed by atoms with Gasteiger partial charge in [0.1, 0.15) is 12.0 Å². The molecule has 7 nitrogen and oxygen atoms in total. The van der Waals surface area contributed by atoms with Crippen molar-refractivity contribution in [2.24, 2.45) is 7.05 Å². The molecular weight excluding hydrogens is 326 g/mol. The van der Waals surface area contributed by atoms with Crippen LogP contribution in [0.4, 0.5) is 17.2 Å². The Balaban J connectivity index is 1.51. The second-order valence-electron chi connectivity index (χ2n) is 6.59. The quantitative estimate of drug-likeness (QED) is 0.785. The van der Waals surface area contributed by atoms with E-state index in [-0.39, 0.29) is 6.17 Å². The number of pyridine rings is 2. The second kappa shape index (κ2) is 5.59.